The molecule has 1 amide bonds. The van der Waals surface area contributed by atoms with Crippen molar-refractivity contribution in [1.29, 1.82) is 0 Å². The topological polar surface area (TPSA) is 57.6 Å². The van der Waals surface area contributed by atoms with Crippen LogP contribution in [0.15, 0.2) is 84.4 Å². The van der Waals surface area contributed by atoms with Crippen molar-refractivity contribution in [3.8, 4) is 0 Å². The maximum absolute atomic E-state index is 14.8. The molecule has 0 spiro atoms. The summed E-state index contributed by atoms with van der Waals surface area (Å²) in [6.07, 6.45) is -4.69. The highest BCUT2D eigenvalue weighted by molar-refractivity contribution is 6.51. The van der Waals surface area contributed by atoms with Crippen molar-refractivity contribution in [2.75, 3.05) is 4.90 Å². The van der Waals surface area contributed by atoms with Crippen LogP contribution in [-0.2, 0) is 15.8 Å². The summed E-state index contributed by atoms with van der Waals surface area (Å²) in [7, 11) is 0. The van der Waals surface area contributed by atoms with E-state index in [4.69, 9.17) is 0 Å². The second-order valence-corrected chi connectivity index (χ2v) is 7.10. The quantitative estimate of drug-likeness (QED) is 0.254. The Bertz CT molecular complexity index is 1240. The number of amides is 1. The summed E-state index contributed by atoms with van der Waals surface area (Å²) in [4.78, 5) is 26.6. The van der Waals surface area contributed by atoms with Gasteiger partial charge in [0.05, 0.1) is 17.2 Å². The lowest BCUT2D eigenvalue weighted by atomic mass is 9.94. The summed E-state index contributed by atoms with van der Waals surface area (Å²) in [5.74, 6) is -3.63. The van der Waals surface area contributed by atoms with Crippen LogP contribution in [0.5, 0.6) is 0 Å². The van der Waals surface area contributed by atoms with Crippen molar-refractivity contribution in [3.05, 3.63) is 107 Å². The Morgan fingerprint density at radius 1 is 0.875 bits per heavy atom. The molecule has 0 bridgehead atoms. The molecule has 32 heavy (non-hydrogen) atoms. The largest absolute Gasteiger partial charge is 0.507 e. The predicted molar refractivity (Wildman–Crippen MR) is 109 cm³/mol. The number of rotatable bonds is 3. The molecule has 8 heteroatoms. The lowest BCUT2D eigenvalue weighted by molar-refractivity contribution is -0.137. The number of aliphatic hydroxyl groups excluding tert-OH is 1. The molecule has 1 atom stereocenters. The lowest BCUT2D eigenvalue weighted by Gasteiger charge is -2.26. The number of aliphatic hydroxyl groups is 1. The number of benzene rings is 3. The van der Waals surface area contributed by atoms with Gasteiger partial charge in [0, 0.05) is 16.8 Å². The van der Waals surface area contributed by atoms with Crippen LogP contribution in [-0.4, -0.2) is 16.8 Å². The molecule has 3 aromatic carbocycles. The van der Waals surface area contributed by atoms with E-state index in [0.29, 0.717) is 6.07 Å². The number of halogens is 4. The van der Waals surface area contributed by atoms with E-state index in [0.717, 1.165) is 23.1 Å². The third-order valence-corrected chi connectivity index (χ3v) is 5.14. The summed E-state index contributed by atoms with van der Waals surface area (Å²) < 4.78 is 54.5. The Labute approximate surface area is 180 Å². The highest BCUT2D eigenvalue weighted by atomic mass is 19.4. The minimum Gasteiger partial charge on any atom is -0.507 e. The third kappa shape index (κ3) is 3.64. The molecule has 0 unspecified atom stereocenters. The fourth-order valence-electron chi connectivity index (χ4n) is 3.67. The van der Waals surface area contributed by atoms with E-state index in [-0.39, 0.29) is 16.8 Å². The molecule has 162 valence electrons. The monoisotopic (exact) mass is 441 g/mol. The van der Waals surface area contributed by atoms with Gasteiger partial charge in [-0.3, -0.25) is 14.5 Å². The minimum atomic E-state index is -4.69. The molecule has 1 aliphatic heterocycles. The van der Waals surface area contributed by atoms with E-state index in [9.17, 15) is 32.3 Å². The first-order chi connectivity index (χ1) is 15.2. The number of carbonyl (C=O) groups excluding carboxylic acids is 2. The van der Waals surface area contributed by atoms with E-state index >= 15 is 0 Å². The number of anilines is 1. The van der Waals surface area contributed by atoms with Gasteiger partial charge in [-0.1, -0.05) is 54.6 Å². The molecule has 1 heterocycles. The maximum Gasteiger partial charge on any atom is 0.416 e. The Hall–Kier alpha value is -3.94. The number of carbonyl (C=O) groups is 2. The third-order valence-electron chi connectivity index (χ3n) is 5.14. The molecule has 4 rings (SSSR count). The molecule has 1 saturated heterocycles. The summed E-state index contributed by atoms with van der Waals surface area (Å²) in [6, 6.07) is 15.5. The average Bonchev–Trinajstić information content (AvgIpc) is 3.04. The maximum atomic E-state index is 14.8. The zero-order chi connectivity index (χ0) is 23.0. The summed E-state index contributed by atoms with van der Waals surface area (Å²) in [5, 5.41) is 10.9. The Balaban J connectivity index is 1.97. The zero-order valence-corrected chi connectivity index (χ0v) is 16.3. The van der Waals surface area contributed by atoms with E-state index in [1.165, 1.54) is 36.4 Å². The fourth-order valence-corrected chi connectivity index (χ4v) is 3.67. The molecule has 1 fully saturated rings. The van der Waals surface area contributed by atoms with Gasteiger partial charge in [-0.05, 0) is 24.3 Å². The van der Waals surface area contributed by atoms with Crippen molar-refractivity contribution < 1.29 is 32.3 Å². The fraction of sp³-hybridized carbons (Fsp3) is 0.0833. The van der Waals surface area contributed by atoms with Gasteiger partial charge in [-0.2, -0.15) is 13.2 Å². The summed E-state index contributed by atoms with van der Waals surface area (Å²) in [6.45, 7) is 0. The summed E-state index contributed by atoms with van der Waals surface area (Å²) >= 11 is 0. The smallest absolute Gasteiger partial charge is 0.416 e. The number of hydrogen-bond acceptors (Lipinski definition) is 3. The van der Waals surface area contributed by atoms with Crippen molar-refractivity contribution in [2.45, 2.75) is 12.2 Å². The van der Waals surface area contributed by atoms with Gasteiger partial charge in [0.25, 0.3) is 11.7 Å². The first-order valence-corrected chi connectivity index (χ1v) is 9.48. The Kier molecular flexibility index (Phi) is 5.30. The molecule has 4 nitrogen and oxygen atoms in total. The number of Topliss-reactive ketones (excluding diaryl/α,β-unsaturated/α-hetero) is 1. The van der Waals surface area contributed by atoms with Gasteiger partial charge in [0.2, 0.25) is 0 Å². The van der Waals surface area contributed by atoms with Crippen LogP contribution in [0.4, 0.5) is 23.2 Å². The number of nitrogens with zero attached hydrogens (tertiary/aromatic N) is 1. The average molecular weight is 441 g/mol. The van der Waals surface area contributed by atoms with Crippen LogP contribution in [0.25, 0.3) is 5.76 Å². The van der Waals surface area contributed by atoms with Crippen molar-refractivity contribution in [2.24, 2.45) is 0 Å². The minimum absolute atomic E-state index is 0.137. The van der Waals surface area contributed by atoms with E-state index in [1.807, 2.05) is 0 Å². The molecular formula is C24H15F4NO3. The lowest BCUT2D eigenvalue weighted by Crippen LogP contribution is -2.30. The first kappa shape index (κ1) is 21.3. The number of hydrogen-bond donors (Lipinski definition) is 1. The number of alkyl halides is 3. The van der Waals surface area contributed by atoms with Gasteiger partial charge >= 0.3 is 6.18 Å². The Morgan fingerprint density at radius 3 is 2.19 bits per heavy atom. The van der Waals surface area contributed by atoms with Crippen LogP contribution in [0.1, 0.15) is 22.7 Å². The van der Waals surface area contributed by atoms with Gasteiger partial charge < -0.3 is 5.11 Å². The molecule has 1 aliphatic rings. The summed E-state index contributed by atoms with van der Waals surface area (Å²) in [5.41, 5.74) is -1.63. The van der Waals surface area contributed by atoms with Gasteiger partial charge in [0.15, 0.2) is 0 Å². The van der Waals surface area contributed by atoms with E-state index in [2.05, 4.69) is 0 Å². The molecule has 0 radical (unpaired) electrons. The van der Waals surface area contributed by atoms with Crippen LogP contribution < -0.4 is 4.90 Å². The van der Waals surface area contributed by atoms with E-state index < -0.39 is 46.6 Å². The van der Waals surface area contributed by atoms with Gasteiger partial charge in [-0.15, -0.1) is 0 Å². The highest BCUT2D eigenvalue weighted by Crippen LogP contribution is 2.43. The van der Waals surface area contributed by atoms with Gasteiger partial charge in [-0.25, -0.2) is 4.39 Å². The molecular weight excluding hydrogens is 426 g/mol. The normalized spacial score (nSPS) is 18.2. The van der Waals surface area contributed by atoms with Crippen molar-refractivity contribution >= 4 is 23.1 Å². The SMILES string of the molecule is O=C1C(=O)N(c2cccc(C(F)(F)F)c2)[C@@H](c2ccccc2F)C1=C(O)c1ccccc1. The van der Waals surface area contributed by atoms with Crippen molar-refractivity contribution in [3.63, 3.8) is 0 Å². The van der Waals surface area contributed by atoms with Crippen molar-refractivity contribution in [1.82, 2.24) is 0 Å². The zero-order valence-electron chi connectivity index (χ0n) is 16.3. The molecule has 0 aliphatic carbocycles. The molecule has 0 saturated carbocycles. The van der Waals surface area contributed by atoms with Crippen LogP contribution in [0, 0.1) is 5.82 Å². The second kappa shape index (κ2) is 7.96. The van der Waals surface area contributed by atoms with E-state index in [1.54, 1.807) is 18.2 Å². The second-order valence-electron chi connectivity index (χ2n) is 7.10. The number of ketones is 1. The van der Waals surface area contributed by atoms with Gasteiger partial charge in [0.1, 0.15) is 11.6 Å². The highest BCUT2D eigenvalue weighted by Gasteiger charge is 2.48. The molecule has 3 aromatic rings. The van der Waals surface area contributed by atoms with Crippen LogP contribution in [0.3, 0.4) is 0 Å². The first-order valence-electron chi connectivity index (χ1n) is 9.48. The Morgan fingerprint density at radius 2 is 1.53 bits per heavy atom. The predicted octanol–water partition coefficient (Wildman–Crippen LogP) is 5.47. The standard InChI is InChI=1S/C24H15F4NO3/c25-18-12-5-4-11-17(18)20-19(21(30)14-7-2-1-3-8-14)22(31)23(32)29(20)16-10-6-9-15(13-16)24(26,27)28/h1-13,20,30H/t20-/m0/s1. The molecule has 1 N–H and O–H groups in total. The van der Waals surface area contributed by atoms with Crippen LogP contribution in [0.2, 0.25) is 0 Å². The molecule has 0 aromatic heterocycles. The van der Waals surface area contributed by atoms with Crippen LogP contribution >= 0.6 is 0 Å².